The van der Waals surface area contributed by atoms with Gasteiger partial charge in [-0.2, -0.15) is 4.37 Å². The van der Waals surface area contributed by atoms with Crippen LogP contribution in [0.2, 0.25) is 0 Å². The summed E-state index contributed by atoms with van der Waals surface area (Å²) >= 11 is 1.33. The Morgan fingerprint density at radius 1 is 1.19 bits per heavy atom. The molecule has 0 spiro atoms. The molecule has 2 aromatic heterocycles. The quantitative estimate of drug-likeness (QED) is 0.807. The zero-order valence-electron chi connectivity index (χ0n) is 15.5. The summed E-state index contributed by atoms with van der Waals surface area (Å²) in [7, 11) is 0. The van der Waals surface area contributed by atoms with E-state index < -0.39 is 0 Å². The first-order chi connectivity index (χ1) is 13.0. The number of rotatable bonds is 3. The Morgan fingerprint density at radius 2 is 2.00 bits per heavy atom. The first-order valence-corrected chi connectivity index (χ1v) is 10.3. The number of imidazole rings is 1. The number of hydrogen-bond donors (Lipinski definition) is 0. The van der Waals surface area contributed by atoms with Crippen LogP contribution in [-0.4, -0.2) is 48.7 Å². The van der Waals surface area contributed by atoms with E-state index in [1.807, 2.05) is 18.7 Å². The predicted octanol–water partition coefficient (Wildman–Crippen LogP) is 2.15. The topological polar surface area (TPSA) is 84.2 Å². The van der Waals surface area contributed by atoms with Gasteiger partial charge in [0.15, 0.2) is 16.6 Å². The average Bonchev–Trinajstić information content (AvgIpc) is 3.09. The Hall–Kier alpha value is -2.29. The molecule has 2 aromatic rings. The Balaban J connectivity index is 1.62. The van der Waals surface area contributed by atoms with Gasteiger partial charge in [-0.25, -0.2) is 9.97 Å². The summed E-state index contributed by atoms with van der Waals surface area (Å²) in [5, 5.41) is 0.765. The summed E-state index contributed by atoms with van der Waals surface area (Å²) in [6.45, 7) is 5.93. The van der Waals surface area contributed by atoms with Crippen molar-refractivity contribution in [2.24, 2.45) is 5.92 Å². The van der Waals surface area contributed by atoms with Gasteiger partial charge in [-0.3, -0.25) is 14.5 Å². The Morgan fingerprint density at radius 3 is 2.63 bits per heavy atom. The van der Waals surface area contributed by atoms with Crippen LogP contribution in [0.3, 0.4) is 0 Å². The van der Waals surface area contributed by atoms with Gasteiger partial charge in [0.1, 0.15) is 5.82 Å². The van der Waals surface area contributed by atoms with Crippen molar-refractivity contribution in [3.63, 3.8) is 0 Å². The molecule has 1 atom stereocenters. The van der Waals surface area contributed by atoms with Gasteiger partial charge in [-0.15, -0.1) is 0 Å². The minimum Gasteiger partial charge on any atom is -0.332 e. The number of carbonyl (C=O) groups is 2. The highest BCUT2D eigenvalue weighted by Crippen LogP contribution is 2.41. The van der Waals surface area contributed by atoms with Crippen LogP contribution in [0, 0.1) is 12.8 Å². The van der Waals surface area contributed by atoms with E-state index in [1.54, 1.807) is 4.90 Å². The highest BCUT2D eigenvalue weighted by Gasteiger charge is 2.41. The summed E-state index contributed by atoms with van der Waals surface area (Å²) in [6.07, 6.45) is 3.39. The molecule has 4 heterocycles. The smallest absolute Gasteiger partial charge is 0.228 e. The first kappa shape index (κ1) is 16.9. The summed E-state index contributed by atoms with van der Waals surface area (Å²) in [4.78, 5) is 38.3. The SMILES string of the molecule is Cc1nsc(-c2nc(N3CCCC3=O)c3n2CCN(C(=O)C2CC2)[C@@H]3C)n1. The fourth-order valence-corrected chi connectivity index (χ4v) is 4.80. The van der Waals surface area contributed by atoms with Crippen LogP contribution in [0.5, 0.6) is 0 Å². The molecule has 0 aromatic carbocycles. The van der Waals surface area contributed by atoms with E-state index in [0.29, 0.717) is 31.9 Å². The van der Waals surface area contributed by atoms with Crippen molar-refractivity contribution in [2.45, 2.75) is 52.1 Å². The molecule has 9 heteroatoms. The van der Waals surface area contributed by atoms with Crippen LogP contribution in [0.4, 0.5) is 5.82 Å². The third-order valence-electron chi connectivity index (χ3n) is 5.67. The molecule has 8 nitrogen and oxygen atoms in total. The molecule has 1 aliphatic carbocycles. The summed E-state index contributed by atoms with van der Waals surface area (Å²) < 4.78 is 6.43. The lowest BCUT2D eigenvalue weighted by atomic mass is 10.1. The number of fused-ring (bicyclic) bond motifs is 1. The Labute approximate surface area is 161 Å². The molecule has 1 saturated carbocycles. The van der Waals surface area contributed by atoms with Crippen molar-refractivity contribution in [1.82, 2.24) is 23.8 Å². The molecule has 2 aliphatic heterocycles. The Bertz CT molecular complexity index is 930. The summed E-state index contributed by atoms with van der Waals surface area (Å²) in [5.41, 5.74) is 0.952. The van der Waals surface area contributed by atoms with Crippen LogP contribution in [0.15, 0.2) is 0 Å². The predicted molar refractivity (Wildman–Crippen MR) is 100 cm³/mol. The lowest BCUT2D eigenvalue weighted by Crippen LogP contribution is -2.42. The molecule has 142 valence electrons. The standard InChI is InChI=1S/C18H22N6O2S/c1-10-14-15(23-7-3-4-13(23)25)20-16(17-19-11(2)21-27-17)24(14)9-8-22(10)18(26)12-5-6-12/h10,12H,3-9H2,1-2H3/t10-/m1/s1. The van der Waals surface area contributed by atoms with Crippen molar-refractivity contribution < 1.29 is 9.59 Å². The number of amides is 2. The number of aryl methyl sites for hydroxylation is 1. The van der Waals surface area contributed by atoms with Crippen molar-refractivity contribution in [2.75, 3.05) is 18.0 Å². The number of aromatic nitrogens is 4. The van der Waals surface area contributed by atoms with E-state index in [0.717, 1.165) is 41.6 Å². The first-order valence-electron chi connectivity index (χ1n) is 9.56. The van der Waals surface area contributed by atoms with Crippen LogP contribution < -0.4 is 4.90 Å². The molecule has 0 radical (unpaired) electrons. The van der Waals surface area contributed by atoms with Gasteiger partial charge in [0.05, 0.1) is 11.7 Å². The fourth-order valence-electron chi connectivity index (χ4n) is 4.13. The van der Waals surface area contributed by atoms with Crippen molar-refractivity contribution >= 4 is 29.2 Å². The zero-order valence-corrected chi connectivity index (χ0v) is 16.3. The lowest BCUT2D eigenvalue weighted by Gasteiger charge is -2.36. The van der Waals surface area contributed by atoms with Gasteiger partial charge in [0.2, 0.25) is 11.8 Å². The van der Waals surface area contributed by atoms with E-state index in [1.165, 1.54) is 11.5 Å². The van der Waals surface area contributed by atoms with Gasteiger partial charge in [0, 0.05) is 32.0 Å². The molecule has 5 rings (SSSR count). The van der Waals surface area contributed by atoms with Crippen LogP contribution in [0.25, 0.3) is 10.8 Å². The highest BCUT2D eigenvalue weighted by atomic mass is 32.1. The monoisotopic (exact) mass is 386 g/mol. The molecule has 2 amide bonds. The molecule has 0 bridgehead atoms. The summed E-state index contributed by atoms with van der Waals surface area (Å²) in [6, 6.07) is -0.106. The molecule has 2 fully saturated rings. The second-order valence-electron chi connectivity index (χ2n) is 7.57. The van der Waals surface area contributed by atoms with Crippen LogP contribution in [0.1, 0.15) is 50.2 Å². The fraction of sp³-hybridized carbons (Fsp3) is 0.611. The maximum Gasteiger partial charge on any atom is 0.228 e. The minimum absolute atomic E-state index is 0.105. The van der Waals surface area contributed by atoms with Crippen LogP contribution >= 0.6 is 11.5 Å². The normalized spacial score (nSPS) is 22.4. The number of nitrogens with zero attached hydrogens (tertiary/aromatic N) is 6. The number of anilines is 1. The molecule has 0 unspecified atom stereocenters. The van der Waals surface area contributed by atoms with E-state index in [-0.39, 0.29) is 23.8 Å². The van der Waals surface area contributed by atoms with E-state index in [4.69, 9.17) is 4.98 Å². The molecule has 1 saturated heterocycles. The van der Waals surface area contributed by atoms with Crippen LogP contribution in [-0.2, 0) is 16.1 Å². The molecule has 3 aliphatic rings. The molecular formula is C18H22N6O2S. The average molecular weight is 386 g/mol. The maximum absolute atomic E-state index is 12.8. The molecule has 0 N–H and O–H groups in total. The van der Waals surface area contributed by atoms with Gasteiger partial charge < -0.3 is 9.47 Å². The maximum atomic E-state index is 12.8. The van der Waals surface area contributed by atoms with Gasteiger partial charge >= 0.3 is 0 Å². The largest absolute Gasteiger partial charge is 0.332 e. The summed E-state index contributed by atoms with van der Waals surface area (Å²) in [5.74, 6) is 2.71. The van der Waals surface area contributed by atoms with E-state index >= 15 is 0 Å². The van der Waals surface area contributed by atoms with E-state index in [9.17, 15) is 9.59 Å². The number of hydrogen-bond acceptors (Lipinski definition) is 6. The second kappa shape index (κ2) is 6.12. The van der Waals surface area contributed by atoms with Crippen molar-refractivity contribution in [1.29, 1.82) is 0 Å². The molecule has 27 heavy (non-hydrogen) atoms. The minimum atomic E-state index is -0.106. The third-order valence-corrected chi connectivity index (χ3v) is 6.48. The van der Waals surface area contributed by atoms with E-state index in [2.05, 4.69) is 13.9 Å². The third kappa shape index (κ3) is 2.67. The van der Waals surface area contributed by atoms with Gasteiger partial charge in [-0.05, 0) is 44.6 Å². The lowest BCUT2D eigenvalue weighted by molar-refractivity contribution is -0.135. The highest BCUT2D eigenvalue weighted by molar-refractivity contribution is 7.09. The Kier molecular flexibility index (Phi) is 3.82. The van der Waals surface area contributed by atoms with Crippen molar-refractivity contribution in [3.8, 4) is 10.8 Å². The zero-order chi connectivity index (χ0) is 18.7. The van der Waals surface area contributed by atoms with Gasteiger partial charge in [0.25, 0.3) is 0 Å². The number of carbonyl (C=O) groups excluding carboxylic acids is 2. The molecular weight excluding hydrogens is 364 g/mol. The van der Waals surface area contributed by atoms with Gasteiger partial charge in [-0.1, -0.05) is 0 Å². The second-order valence-corrected chi connectivity index (χ2v) is 8.33. The van der Waals surface area contributed by atoms with Crippen molar-refractivity contribution in [3.05, 3.63) is 11.5 Å².